The van der Waals surface area contributed by atoms with E-state index in [-0.39, 0.29) is 0 Å². The summed E-state index contributed by atoms with van der Waals surface area (Å²) in [6.45, 7) is 2.11. The van der Waals surface area contributed by atoms with Crippen molar-refractivity contribution in [1.82, 2.24) is 14.9 Å². The monoisotopic (exact) mass is 369 g/mol. The maximum absolute atomic E-state index is 10.9. The van der Waals surface area contributed by atoms with Crippen LogP contribution in [0, 0.1) is 5.92 Å². The van der Waals surface area contributed by atoms with Crippen LogP contribution in [-0.4, -0.2) is 38.2 Å². The number of piperidine rings is 1. The molecular weight excluding hydrogens is 350 g/mol. The molecule has 130 valence electrons. The van der Waals surface area contributed by atoms with E-state index in [1.807, 2.05) is 24.3 Å². The summed E-state index contributed by atoms with van der Waals surface area (Å²) >= 11 is 6.13. The van der Waals surface area contributed by atoms with Gasteiger partial charge in [0.25, 0.3) is 10.2 Å². The zero-order valence-corrected chi connectivity index (χ0v) is 14.7. The van der Waals surface area contributed by atoms with Crippen LogP contribution in [0.4, 0.5) is 5.82 Å². The molecule has 1 aliphatic rings. The molecule has 1 fully saturated rings. The summed E-state index contributed by atoms with van der Waals surface area (Å²) in [5.74, 6) is 1.33. The third-order valence-electron chi connectivity index (χ3n) is 4.39. The van der Waals surface area contributed by atoms with Gasteiger partial charge in [0.05, 0.1) is 0 Å². The summed E-state index contributed by atoms with van der Waals surface area (Å²) in [5.41, 5.74) is 0. The number of hydrogen-bond acceptors (Lipinski definition) is 5. The van der Waals surface area contributed by atoms with Gasteiger partial charge in [-0.1, -0.05) is 35.9 Å². The summed E-state index contributed by atoms with van der Waals surface area (Å²) in [5, 5.41) is 15.6. The van der Waals surface area contributed by atoms with E-state index < -0.39 is 10.2 Å². The predicted octanol–water partition coefficient (Wildman–Crippen LogP) is 1.68. The van der Waals surface area contributed by atoms with Crippen LogP contribution >= 0.6 is 11.6 Å². The van der Waals surface area contributed by atoms with Crippen molar-refractivity contribution in [3.63, 3.8) is 0 Å². The Morgan fingerprint density at radius 2 is 1.88 bits per heavy atom. The number of rotatable bonds is 5. The third-order valence-corrected chi connectivity index (χ3v) is 5.28. The molecule has 1 aliphatic heterocycles. The quantitative estimate of drug-likeness (QED) is 0.835. The number of fused-ring (bicyclic) bond motifs is 1. The Morgan fingerprint density at radius 3 is 2.54 bits per heavy atom. The van der Waals surface area contributed by atoms with Crippen LogP contribution in [0.3, 0.4) is 0 Å². The molecule has 0 spiro atoms. The Kier molecular flexibility index (Phi) is 5.19. The number of nitrogens with two attached hydrogens (primary N) is 1. The lowest BCUT2D eigenvalue weighted by Gasteiger charge is -2.33. The van der Waals surface area contributed by atoms with Crippen molar-refractivity contribution in [2.45, 2.75) is 19.3 Å². The Balaban J connectivity index is 1.64. The molecule has 0 bridgehead atoms. The molecule has 24 heavy (non-hydrogen) atoms. The van der Waals surface area contributed by atoms with E-state index in [9.17, 15) is 8.42 Å². The molecule has 1 aromatic heterocycles. The summed E-state index contributed by atoms with van der Waals surface area (Å²) in [4.78, 5) is 2.22. The van der Waals surface area contributed by atoms with Gasteiger partial charge in [0, 0.05) is 30.4 Å². The van der Waals surface area contributed by atoms with Crippen LogP contribution in [0.25, 0.3) is 10.8 Å². The van der Waals surface area contributed by atoms with Gasteiger partial charge >= 0.3 is 0 Å². The van der Waals surface area contributed by atoms with Crippen molar-refractivity contribution in [3.8, 4) is 0 Å². The molecule has 7 nitrogen and oxygen atoms in total. The highest BCUT2D eigenvalue weighted by molar-refractivity contribution is 7.87. The topological polar surface area (TPSA) is 101 Å². The maximum atomic E-state index is 10.9. The highest BCUT2D eigenvalue weighted by Gasteiger charge is 2.22. The molecule has 1 saturated heterocycles. The van der Waals surface area contributed by atoms with Gasteiger partial charge in [0.15, 0.2) is 11.0 Å². The van der Waals surface area contributed by atoms with Gasteiger partial charge in [-0.15, -0.1) is 10.2 Å². The molecule has 9 heteroatoms. The average molecular weight is 370 g/mol. The standard InChI is InChI=1S/C15H20ClN5O2S/c16-14-12-3-1-2-4-13(12)15(20-19-14)21-9-6-11(7-10-21)5-8-18-24(17,22)23/h1-4,11,18H,5-10H2,(H2,17,22,23). The van der Waals surface area contributed by atoms with E-state index in [0.29, 0.717) is 17.6 Å². The van der Waals surface area contributed by atoms with E-state index in [2.05, 4.69) is 19.8 Å². The second kappa shape index (κ2) is 7.18. The number of nitrogens with one attached hydrogen (secondary N) is 1. The molecule has 0 aliphatic carbocycles. The molecule has 2 aromatic rings. The zero-order valence-electron chi connectivity index (χ0n) is 13.2. The number of benzene rings is 1. The van der Waals surface area contributed by atoms with E-state index in [0.717, 1.165) is 48.9 Å². The first-order valence-electron chi connectivity index (χ1n) is 7.87. The van der Waals surface area contributed by atoms with E-state index in [1.165, 1.54) is 0 Å². The van der Waals surface area contributed by atoms with Crippen molar-refractivity contribution in [3.05, 3.63) is 29.4 Å². The van der Waals surface area contributed by atoms with Crippen LogP contribution in [-0.2, 0) is 10.2 Å². The van der Waals surface area contributed by atoms with Crippen LogP contribution in [0.2, 0.25) is 5.15 Å². The molecular formula is C15H20ClN5O2S. The molecule has 3 N–H and O–H groups in total. The van der Waals surface area contributed by atoms with Crippen LogP contribution in [0.15, 0.2) is 24.3 Å². The van der Waals surface area contributed by atoms with Gasteiger partial charge in [-0.2, -0.15) is 8.42 Å². The molecule has 3 rings (SSSR count). The Bertz CT molecular complexity index is 822. The molecule has 0 unspecified atom stereocenters. The third kappa shape index (κ3) is 4.13. The molecule has 0 radical (unpaired) electrons. The van der Waals surface area contributed by atoms with Crippen molar-refractivity contribution in [2.75, 3.05) is 24.5 Å². The summed E-state index contributed by atoms with van der Waals surface area (Å²) in [7, 11) is -3.60. The molecule has 0 atom stereocenters. The maximum Gasteiger partial charge on any atom is 0.274 e. The first-order valence-corrected chi connectivity index (χ1v) is 9.80. The lowest BCUT2D eigenvalue weighted by molar-refractivity contribution is 0.380. The van der Waals surface area contributed by atoms with E-state index in [4.69, 9.17) is 16.7 Å². The molecule has 0 amide bonds. The number of anilines is 1. The Labute approximate surface area is 146 Å². The van der Waals surface area contributed by atoms with Crippen molar-refractivity contribution < 1.29 is 8.42 Å². The molecule has 0 saturated carbocycles. The number of nitrogens with zero attached hydrogens (tertiary/aromatic N) is 3. The average Bonchev–Trinajstić information content (AvgIpc) is 2.55. The first-order chi connectivity index (χ1) is 11.4. The first kappa shape index (κ1) is 17.3. The fourth-order valence-electron chi connectivity index (χ4n) is 3.13. The van der Waals surface area contributed by atoms with Crippen molar-refractivity contribution in [2.24, 2.45) is 11.1 Å². The van der Waals surface area contributed by atoms with Gasteiger partial charge < -0.3 is 4.90 Å². The lowest BCUT2D eigenvalue weighted by atomic mass is 9.93. The van der Waals surface area contributed by atoms with Gasteiger partial charge in [-0.3, -0.25) is 0 Å². The fourth-order valence-corrected chi connectivity index (χ4v) is 3.73. The summed E-state index contributed by atoms with van der Waals surface area (Å²) in [6.07, 6.45) is 2.74. The van der Waals surface area contributed by atoms with Crippen molar-refractivity contribution >= 4 is 38.4 Å². The second-order valence-electron chi connectivity index (χ2n) is 6.02. The van der Waals surface area contributed by atoms with Crippen LogP contribution < -0.4 is 14.8 Å². The van der Waals surface area contributed by atoms with Gasteiger partial charge in [-0.25, -0.2) is 9.86 Å². The van der Waals surface area contributed by atoms with E-state index >= 15 is 0 Å². The predicted molar refractivity (Wildman–Crippen MR) is 95.2 cm³/mol. The summed E-state index contributed by atoms with van der Waals surface area (Å²) < 4.78 is 24.1. The highest BCUT2D eigenvalue weighted by atomic mass is 35.5. The molecule has 1 aromatic carbocycles. The Morgan fingerprint density at radius 1 is 1.21 bits per heavy atom. The SMILES string of the molecule is NS(=O)(=O)NCCC1CCN(c2nnc(Cl)c3ccccc23)CC1. The fraction of sp³-hybridized carbons (Fsp3) is 0.467. The van der Waals surface area contributed by atoms with Gasteiger partial charge in [-0.05, 0) is 25.2 Å². The van der Waals surface area contributed by atoms with E-state index in [1.54, 1.807) is 0 Å². The number of aromatic nitrogens is 2. The normalized spacial score (nSPS) is 16.7. The Hall–Kier alpha value is -1.48. The van der Waals surface area contributed by atoms with Crippen molar-refractivity contribution in [1.29, 1.82) is 0 Å². The van der Waals surface area contributed by atoms with Crippen LogP contribution in [0.5, 0.6) is 0 Å². The highest BCUT2D eigenvalue weighted by Crippen LogP contribution is 2.31. The largest absolute Gasteiger partial charge is 0.355 e. The van der Waals surface area contributed by atoms with Gasteiger partial charge in [0.2, 0.25) is 0 Å². The number of hydrogen-bond donors (Lipinski definition) is 2. The zero-order chi connectivity index (χ0) is 17.2. The second-order valence-corrected chi connectivity index (χ2v) is 7.76. The minimum Gasteiger partial charge on any atom is -0.355 e. The smallest absolute Gasteiger partial charge is 0.274 e. The van der Waals surface area contributed by atoms with Crippen LogP contribution in [0.1, 0.15) is 19.3 Å². The number of halogens is 1. The minimum atomic E-state index is -3.60. The minimum absolute atomic E-state index is 0.382. The lowest BCUT2D eigenvalue weighted by Crippen LogP contribution is -2.37. The molecule has 2 heterocycles. The van der Waals surface area contributed by atoms with Gasteiger partial charge in [0.1, 0.15) is 0 Å². The summed E-state index contributed by atoms with van der Waals surface area (Å²) in [6, 6.07) is 7.86.